The molecular formula is C14H24N2. The maximum absolute atomic E-state index is 6.11. The molecule has 0 spiro atoms. The zero-order valence-corrected chi connectivity index (χ0v) is 10.7. The summed E-state index contributed by atoms with van der Waals surface area (Å²) >= 11 is 0. The van der Waals surface area contributed by atoms with Crippen molar-refractivity contribution in [3.05, 3.63) is 29.6 Å². The topological polar surface area (TPSA) is 38.9 Å². The Morgan fingerprint density at radius 1 is 1.31 bits per heavy atom. The fourth-order valence-electron chi connectivity index (χ4n) is 1.82. The Kier molecular flexibility index (Phi) is 5.47. The number of nitrogens with zero attached hydrogens (tertiary/aromatic N) is 1. The molecule has 2 N–H and O–H groups in total. The second-order valence-electron chi connectivity index (χ2n) is 4.72. The molecule has 1 heterocycles. The van der Waals surface area contributed by atoms with Crippen LogP contribution in [-0.2, 0) is 12.8 Å². The molecule has 0 fully saturated rings. The second-order valence-corrected chi connectivity index (χ2v) is 4.72. The molecule has 0 aliphatic rings. The first-order chi connectivity index (χ1) is 7.65. The first-order valence-electron chi connectivity index (χ1n) is 6.35. The minimum absolute atomic E-state index is 0.245. The van der Waals surface area contributed by atoms with Crippen LogP contribution < -0.4 is 5.73 Å². The van der Waals surface area contributed by atoms with Crippen LogP contribution in [0.4, 0.5) is 0 Å². The van der Waals surface area contributed by atoms with Gasteiger partial charge in [0, 0.05) is 24.4 Å². The normalized spacial score (nSPS) is 14.8. The lowest BCUT2D eigenvalue weighted by Crippen LogP contribution is -2.25. The van der Waals surface area contributed by atoms with Crippen molar-refractivity contribution < 1.29 is 0 Å². The van der Waals surface area contributed by atoms with Crippen LogP contribution in [0.2, 0.25) is 0 Å². The van der Waals surface area contributed by atoms with Crippen molar-refractivity contribution in [3.63, 3.8) is 0 Å². The Balaban J connectivity index is 2.46. The summed E-state index contributed by atoms with van der Waals surface area (Å²) in [6.45, 7) is 6.62. The van der Waals surface area contributed by atoms with E-state index in [1.54, 1.807) is 0 Å². The lowest BCUT2D eigenvalue weighted by atomic mass is 9.97. The highest BCUT2D eigenvalue weighted by Gasteiger charge is 2.09. The first-order valence-corrected chi connectivity index (χ1v) is 6.35. The van der Waals surface area contributed by atoms with E-state index in [1.807, 2.05) is 6.20 Å². The highest BCUT2D eigenvalue weighted by atomic mass is 14.7. The van der Waals surface area contributed by atoms with E-state index in [2.05, 4.69) is 37.9 Å². The van der Waals surface area contributed by atoms with Gasteiger partial charge < -0.3 is 5.73 Å². The molecule has 0 aliphatic carbocycles. The third kappa shape index (κ3) is 4.31. The van der Waals surface area contributed by atoms with Gasteiger partial charge in [0.05, 0.1) is 0 Å². The van der Waals surface area contributed by atoms with E-state index in [9.17, 15) is 0 Å². The van der Waals surface area contributed by atoms with Crippen LogP contribution in [0, 0.1) is 5.92 Å². The van der Waals surface area contributed by atoms with E-state index in [4.69, 9.17) is 5.73 Å². The molecule has 1 rings (SSSR count). The van der Waals surface area contributed by atoms with E-state index >= 15 is 0 Å². The molecule has 0 bridgehead atoms. The third-order valence-electron chi connectivity index (χ3n) is 3.17. The molecule has 1 aromatic heterocycles. The van der Waals surface area contributed by atoms with E-state index in [0.29, 0.717) is 5.92 Å². The Morgan fingerprint density at radius 2 is 2.06 bits per heavy atom. The van der Waals surface area contributed by atoms with Crippen LogP contribution in [0.15, 0.2) is 18.3 Å². The molecule has 0 saturated carbocycles. The quantitative estimate of drug-likeness (QED) is 0.800. The zero-order valence-electron chi connectivity index (χ0n) is 10.7. The Bertz CT molecular complexity index is 292. The van der Waals surface area contributed by atoms with Crippen LogP contribution in [0.3, 0.4) is 0 Å². The van der Waals surface area contributed by atoms with Crippen LogP contribution in [-0.4, -0.2) is 11.0 Å². The number of nitrogens with two attached hydrogens (primary N) is 1. The summed E-state index contributed by atoms with van der Waals surface area (Å²) in [6.07, 6.45) is 6.20. The molecule has 90 valence electrons. The highest BCUT2D eigenvalue weighted by molar-refractivity contribution is 5.14. The van der Waals surface area contributed by atoms with Crippen molar-refractivity contribution >= 4 is 0 Å². The molecule has 0 aromatic carbocycles. The number of aromatic nitrogens is 1. The molecule has 2 heteroatoms. The van der Waals surface area contributed by atoms with Gasteiger partial charge in [-0.1, -0.05) is 33.3 Å². The number of hydrogen-bond acceptors (Lipinski definition) is 2. The molecule has 2 unspecified atom stereocenters. The standard InChI is InChI=1S/C14H24N2/c1-4-11(3)8-13(15)9-14-7-6-12(5-2)10-16-14/h6-7,10-11,13H,4-5,8-9,15H2,1-3H3. The third-order valence-corrected chi connectivity index (χ3v) is 3.17. The van der Waals surface area contributed by atoms with E-state index in [0.717, 1.165) is 25.0 Å². The van der Waals surface area contributed by atoms with Gasteiger partial charge in [-0.05, 0) is 30.4 Å². The summed E-state index contributed by atoms with van der Waals surface area (Å²) in [5, 5.41) is 0. The van der Waals surface area contributed by atoms with Crippen LogP contribution in [0.25, 0.3) is 0 Å². The maximum atomic E-state index is 6.11. The largest absolute Gasteiger partial charge is 0.327 e. The van der Waals surface area contributed by atoms with Crippen molar-refractivity contribution in [2.24, 2.45) is 11.7 Å². The molecule has 16 heavy (non-hydrogen) atoms. The average molecular weight is 220 g/mol. The van der Waals surface area contributed by atoms with Crippen molar-refractivity contribution in [1.29, 1.82) is 0 Å². The van der Waals surface area contributed by atoms with Crippen molar-refractivity contribution in [3.8, 4) is 0 Å². The monoisotopic (exact) mass is 220 g/mol. The van der Waals surface area contributed by atoms with Crippen molar-refractivity contribution in [2.45, 2.75) is 52.5 Å². The van der Waals surface area contributed by atoms with Crippen LogP contribution in [0.5, 0.6) is 0 Å². The SMILES string of the molecule is CCc1ccc(CC(N)CC(C)CC)nc1. The summed E-state index contributed by atoms with van der Waals surface area (Å²) in [5.74, 6) is 0.713. The summed E-state index contributed by atoms with van der Waals surface area (Å²) < 4.78 is 0. The lowest BCUT2D eigenvalue weighted by molar-refractivity contribution is 0.448. The summed E-state index contributed by atoms with van der Waals surface area (Å²) in [5.41, 5.74) is 8.52. The smallest absolute Gasteiger partial charge is 0.0419 e. The minimum atomic E-state index is 0.245. The minimum Gasteiger partial charge on any atom is -0.327 e. The lowest BCUT2D eigenvalue weighted by Gasteiger charge is -2.15. The summed E-state index contributed by atoms with van der Waals surface area (Å²) in [6, 6.07) is 4.50. The van der Waals surface area contributed by atoms with Crippen molar-refractivity contribution in [1.82, 2.24) is 4.98 Å². The van der Waals surface area contributed by atoms with Gasteiger partial charge in [-0.15, -0.1) is 0 Å². The van der Waals surface area contributed by atoms with Gasteiger partial charge in [-0.25, -0.2) is 0 Å². The van der Waals surface area contributed by atoms with Gasteiger partial charge >= 0.3 is 0 Å². The Morgan fingerprint density at radius 3 is 2.56 bits per heavy atom. The van der Waals surface area contributed by atoms with Crippen LogP contribution >= 0.6 is 0 Å². The molecule has 0 saturated heterocycles. The van der Waals surface area contributed by atoms with Gasteiger partial charge in [0.25, 0.3) is 0 Å². The van der Waals surface area contributed by atoms with Crippen molar-refractivity contribution in [2.75, 3.05) is 0 Å². The number of hydrogen-bond donors (Lipinski definition) is 1. The predicted octanol–water partition coefficient (Wildman–Crippen LogP) is 2.95. The summed E-state index contributed by atoms with van der Waals surface area (Å²) in [7, 11) is 0. The number of rotatable bonds is 6. The Labute approximate surface area is 99.3 Å². The van der Waals surface area contributed by atoms with E-state index < -0.39 is 0 Å². The Hall–Kier alpha value is -0.890. The van der Waals surface area contributed by atoms with Crippen LogP contribution in [0.1, 0.15) is 44.9 Å². The molecule has 0 aliphatic heterocycles. The zero-order chi connectivity index (χ0) is 12.0. The van der Waals surface area contributed by atoms with Gasteiger partial charge in [-0.3, -0.25) is 4.98 Å². The first kappa shape index (κ1) is 13.2. The molecule has 0 radical (unpaired) electrons. The molecule has 2 nitrogen and oxygen atoms in total. The number of pyridine rings is 1. The maximum Gasteiger partial charge on any atom is 0.0419 e. The van der Waals surface area contributed by atoms with Gasteiger partial charge in [-0.2, -0.15) is 0 Å². The molecular weight excluding hydrogens is 196 g/mol. The average Bonchev–Trinajstić information content (AvgIpc) is 2.29. The molecule has 2 atom stereocenters. The van der Waals surface area contributed by atoms with Gasteiger partial charge in [0.2, 0.25) is 0 Å². The van der Waals surface area contributed by atoms with Gasteiger partial charge in [0.1, 0.15) is 0 Å². The van der Waals surface area contributed by atoms with Gasteiger partial charge in [0.15, 0.2) is 0 Å². The fourth-order valence-corrected chi connectivity index (χ4v) is 1.82. The fraction of sp³-hybridized carbons (Fsp3) is 0.643. The predicted molar refractivity (Wildman–Crippen MR) is 69.4 cm³/mol. The highest BCUT2D eigenvalue weighted by Crippen LogP contribution is 2.11. The van der Waals surface area contributed by atoms with E-state index in [1.165, 1.54) is 12.0 Å². The summed E-state index contributed by atoms with van der Waals surface area (Å²) in [4.78, 5) is 4.44. The van der Waals surface area contributed by atoms with E-state index in [-0.39, 0.29) is 6.04 Å². The molecule has 1 aromatic rings. The number of aryl methyl sites for hydroxylation is 1. The molecule has 0 amide bonds. The second kappa shape index (κ2) is 6.64.